The van der Waals surface area contributed by atoms with Crippen molar-refractivity contribution in [3.63, 3.8) is 0 Å². The summed E-state index contributed by atoms with van der Waals surface area (Å²) in [5.74, 6) is 1.11. The van der Waals surface area contributed by atoms with Crippen LogP contribution in [0.1, 0.15) is 25.0 Å². The molecule has 1 aromatic carbocycles. The number of benzene rings is 1. The zero-order chi connectivity index (χ0) is 15.1. The molecule has 0 saturated heterocycles. The van der Waals surface area contributed by atoms with Crippen LogP contribution in [0.5, 0.6) is 5.75 Å². The quantitative estimate of drug-likeness (QED) is 0.578. The van der Waals surface area contributed by atoms with Crippen molar-refractivity contribution in [2.24, 2.45) is 0 Å². The molecular formula is C16H19NO4. The molecule has 0 N–H and O–H groups in total. The molecule has 0 spiro atoms. The maximum Gasteiger partial charge on any atom is 0.305 e. The van der Waals surface area contributed by atoms with Crippen LogP contribution in [0.2, 0.25) is 0 Å². The Morgan fingerprint density at radius 1 is 1.24 bits per heavy atom. The Kier molecular flexibility index (Phi) is 5.37. The Labute approximate surface area is 123 Å². The third-order valence-corrected chi connectivity index (χ3v) is 3.18. The molecule has 0 aliphatic carbocycles. The molecule has 2 rings (SSSR count). The molecule has 0 bridgehead atoms. The van der Waals surface area contributed by atoms with Gasteiger partial charge in [0.2, 0.25) is 5.89 Å². The van der Waals surface area contributed by atoms with Gasteiger partial charge < -0.3 is 13.9 Å². The Morgan fingerprint density at radius 3 is 2.81 bits per heavy atom. The number of aryl methyl sites for hydroxylation is 1. The first-order chi connectivity index (χ1) is 10.2. The van der Waals surface area contributed by atoms with E-state index in [4.69, 9.17) is 9.15 Å². The monoisotopic (exact) mass is 289 g/mol. The minimum absolute atomic E-state index is 0.176. The molecule has 112 valence electrons. The summed E-state index contributed by atoms with van der Waals surface area (Å²) < 4.78 is 15.4. The van der Waals surface area contributed by atoms with Crippen LogP contribution < -0.4 is 4.74 Å². The van der Waals surface area contributed by atoms with Crippen LogP contribution in [-0.4, -0.2) is 25.2 Å². The van der Waals surface area contributed by atoms with Gasteiger partial charge in [-0.25, -0.2) is 4.98 Å². The normalized spacial score (nSPS) is 10.4. The topological polar surface area (TPSA) is 61.6 Å². The highest BCUT2D eigenvalue weighted by molar-refractivity contribution is 5.69. The van der Waals surface area contributed by atoms with Crippen molar-refractivity contribution in [3.05, 3.63) is 36.2 Å². The lowest BCUT2D eigenvalue weighted by molar-refractivity contribution is -0.140. The van der Waals surface area contributed by atoms with Crippen molar-refractivity contribution in [2.45, 2.75) is 25.7 Å². The SMILES string of the molecule is COC(=O)CCCCc1coc(-c2ccccc2OC)n1. The molecule has 5 heteroatoms. The number of oxazole rings is 1. The summed E-state index contributed by atoms with van der Waals surface area (Å²) in [6.07, 6.45) is 4.51. The van der Waals surface area contributed by atoms with Gasteiger partial charge in [-0.05, 0) is 31.4 Å². The number of methoxy groups -OCH3 is 2. The van der Waals surface area contributed by atoms with Gasteiger partial charge in [0.05, 0.1) is 25.5 Å². The van der Waals surface area contributed by atoms with Crippen molar-refractivity contribution < 1.29 is 18.7 Å². The van der Waals surface area contributed by atoms with Gasteiger partial charge in [0.1, 0.15) is 12.0 Å². The van der Waals surface area contributed by atoms with E-state index in [2.05, 4.69) is 9.72 Å². The Hall–Kier alpha value is -2.30. The smallest absolute Gasteiger partial charge is 0.305 e. The minimum atomic E-state index is -0.176. The lowest BCUT2D eigenvalue weighted by atomic mass is 10.1. The van der Waals surface area contributed by atoms with Crippen LogP contribution >= 0.6 is 0 Å². The summed E-state index contributed by atoms with van der Waals surface area (Å²) in [5, 5.41) is 0. The van der Waals surface area contributed by atoms with Gasteiger partial charge in [-0.1, -0.05) is 12.1 Å². The standard InChI is InChI=1S/C16H19NO4/c1-19-14-9-5-4-8-13(14)16-17-12(11-21-16)7-3-6-10-15(18)20-2/h4-5,8-9,11H,3,6-7,10H2,1-2H3. The van der Waals surface area contributed by atoms with E-state index in [1.54, 1.807) is 13.4 Å². The highest BCUT2D eigenvalue weighted by atomic mass is 16.5. The fourth-order valence-electron chi connectivity index (χ4n) is 2.04. The highest BCUT2D eigenvalue weighted by Crippen LogP contribution is 2.28. The minimum Gasteiger partial charge on any atom is -0.496 e. The van der Waals surface area contributed by atoms with E-state index in [0.29, 0.717) is 12.3 Å². The maximum absolute atomic E-state index is 11.0. The van der Waals surface area contributed by atoms with Crippen LogP contribution in [0.3, 0.4) is 0 Å². The largest absolute Gasteiger partial charge is 0.496 e. The van der Waals surface area contributed by atoms with Crippen LogP contribution in [0.4, 0.5) is 0 Å². The molecule has 5 nitrogen and oxygen atoms in total. The number of ether oxygens (including phenoxy) is 2. The molecule has 1 aromatic heterocycles. The van der Waals surface area contributed by atoms with Gasteiger partial charge in [0.25, 0.3) is 0 Å². The summed E-state index contributed by atoms with van der Waals surface area (Å²) in [6, 6.07) is 7.60. The van der Waals surface area contributed by atoms with E-state index in [0.717, 1.165) is 36.3 Å². The van der Waals surface area contributed by atoms with E-state index < -0.39 is 0 Å². The molecule has 1 heterocycles. The van der Waals surface area contributed by atoms with Crippen LogP contribution in [0.25, 0.3) is 11.5 Å². The number of hydrogen-bond acceptors (Lipinski definition) is 5. The fraction of sp³-hybridized carbons (Fsp3) is 0.375. The van der Waals surface area contributed by atoms with E-state index in [1.807, 2.05) is 24.3 Å². The number of esters is 1. The number of para-hydroxylation sites is 1. The number of unbranched alkanes of at least 4 members (excludes halogenated alkanes) is 1. The highest BCUT2D eigenvalue weighted by Gasteiger charge is 2.11. The lowest BCUT2D eigenvalue weighted by Gasteiger charge is -2.03. The number of rotatable bonds is 7. The second-order valence-electron chi connectivity index (χ2n) is 4.63. The molecule has 0 aliphatic rings. The molecule has 2 aromatic rings. The van der Waals surface area contributed by atoms with Gasteiger partial charge in [-0.3, -0.25) is 4.79 Å². The molecule has 0 aliphatic heterocycles. The first kappa shape index (κ1) is 15.1. The van der Waals surface area contributed by atoms with Crippen molar-refractivity contribution in [2.75, 3.05) is 14.2 Å². The second-order valence-corrected chi connectivity index (χ2v) is 4.63. The number of carbonyl (C=O) groups excluding carboxylic acids is 1. The summed E-state index contributed by atoms with van der Waals surface area (Å²) in [4.78, 5) is 15.5. The molecule has 0 amide bonds. The van der Waals surface area contributed by atoms with Crippen molar-refractivity contribution >= 4 is 5.97 Å². The van der Waals surface area contributed by atoms with E-state index in [9.17, 15) is 4.79 Å². The number of hydrogen-bond donors (Lipinski definition) is 0. The average Bonchev–Trinajstić information content (AvgIpc) is 3.00. The Bertz CT molecular complexity index is 591. The fourth-order valence-corrected chi connectivity index (χ4v) is 2.04. The lowest BCUT2D eigenvalue weighted by Crippen LogP contribution is -1.99. The van der Waals surface area contributed by atoms with Crippen molar-refractivity contribution in [1.29, 1.82) is 0 Å². The summed E-state index contributed by atoms with van der Waals surface area (Å²) in [7, 11) is 3.02. The van der Waals surface area contributed by atoms with Gasteiger partial charge in [0, 0.05) is 6.42 Å². The summed E-state index contributed by atoms with van der Waals surface area (Å²) in [6.45, 7) is 0. The predicted molar refractivity (Wildman–Crippen MR) is 78.1 cm³/mol. The van der Waals surface area contributed by atoms with Gasteiger partial charge >= 0.3 is 5.97 Å². The zero-order valence-corrected chi connectivity index (χ0v) is 12.3. The van der Waals surface area contributed by atoms with Crippen LogP contribution in [-0.2, 0) is 16.0 Å². The second kappa shape index (κ2) is 7.47. The van der Waals surface area contributed by atoms with Gasteiger partial charge in [-0.15, -0.1) is 0 Å². The number of nitrogens with zero attached hydrogens (tertiary/aromatic N) is 1. The van der Waals surface area contributed by atoms with Crippen LogP contribution in [0, 0.1) is 0 Å². The van der Waals surface area contributed by atoms with Crippen LogP contribution in [0.15, 0.2) is 34.9 Å². The van der Waals surface area contributed by atoms with E-state index >= 15 is 0 Å². The molecule has 0 saturated carbocycles. The number of carbonyl (C=O) groups is 1. The summed E-state index contributed by atoms with van der Waals surface area (Å²) >= 11 is 0. The Morgan fingerprint density at radius 2 is 2.05 bits per heavy atom. The van der Waals surface area contributed by atoms with E-state index in [-0.39, 0.29) is 5.97 Å². The third-order valence-electron chi connectivity index (χ3n) is 3.18. The molecule has 0 atom stereocenters. The predicted octanol–water partition coefficient (Wildman–Crippen LogP) is 3.24. The van der Waals surface area contributed by atoms with E-state index in [1.165, 1.54) is 7.11 Å². The van der Waals surface area contributed by atoms with Gasteiger partial charge in [0.15, 0.2) is 0 Å². The van der Waals surface area contributed by atoms with Crippen molar-refractivity contribution in [1.82, 2.24) is 4.98 Å². The summed E-state index contributed by atoms with van der Waals surface area (Å²) in [5.41, 5.74) is 1.71. The maximum atomic E-state index is 11.0. The van der Waals surface area contributed by atoms with Crippen molar-refractivity contribution in [3.8, 4) is 17.2 Å². The third kappa shape index (κ3) is 4.08. The first-order valence-corrected chi connectivity index (χ1v) is 6.89. The number of aromatic nitrogens is 1. The molecular weight excluding hydrogens is 270 g/mol. The molecule has 0 unspecified atom stereocenters. The first-order valence-electron chi connectivity index (χ1n) is 6.89. The Balaban J connectivity index is 1.94. The molecule has 21 heavy (non-hydrogen) atoms. The average molecular weight is 289 g/mol. The molecule has 0 fully saturated rings. The van der Waals surface area contributed by atoms with Gasteiger partial charge in [-0.2, -0.15) is 0 Å². The zero-order valence-electron chi connectivity index (χ0n) is 12.3. The molecule has 0 radical (unpaired) electrons.